The van der Waals surface area contributed by atoms with Gasteiger partial charge < -0.3 is 19.7 Å². The average Bonchev–Trinajstić information content (AvgIpc) is 3.41. The van der Waals surface area contributed by atoms with E-state index >= 15 is 0 Å². The largest absolute Gasteiger partial charge is 0.493 e. The number of carbonyl (C=O) groups is 2. The first kappa shape index (κ1) is 17.6. The number of amides is 2. The highest BCUT2D eigenvalue weighted by Crippen LogP contribution is 2.42. The summed E-state index contributed by atoms with van der Waals surface area (Å²) in [5, 5.41) is 2.88. The van der Waals surface area contributed by atoms with Gasteiger partial charge in [-0.3, -0.25) is 9.59 Å². The van der Waals surface area contributed by atoms with Crippen LogP contribution in [0.3, 0.4) is 0 Å². The molecule has 1 saturated heterocycles. The highest BCUT2D eigenvalue weighted by Gasteiger charge is 2.49. The molecule has 1 N–H and O–H groups in total. The van der Waals surface area contributed by atoms with Gasteiger partial charge in [-0.1, -0.05) is 6.92 Å². The molecule has 1 aromatic rings. The lowest BCUT2D eigenvalue weighted by atomic mass is 10.00. The molecular weight excluding hydrogens is 320 g/mol. The molecule has 0 radical (unpaired) electrons. The van der Waals surface area contributed by atoms with E-state index in [-0.39, 0.29) is 23.7 Å². The van der Waals surface area contributed by atoms with Crippen LogP contribution >= 0.6 is 0 Å². The fourth-order valence-corrected chi connectivity index (χ4v) is 3.53. The molecule has 6 nitrogen and oxygen atoms in total. The molecule has 2 fully saturated rings. The number of hydrogen-bond acceptors (Lipinski definition) is 4. The molecule has 25 heavy (non-hydrogen) atoms. The van der Waals surface area contributed by atoms with E-state index in [1.807, 2.05) is 4.90 Å². The number of likely N-dealkylation sites (tertiary alicyclic amines) is 1. The Hall–Kier alpha value is -2.24. The molecule has 2 aliphatic rings. The van der Waals surface area contributed by atoms with Gasteiger partial charge in [0, 0.05) is 24.8 Å². The second-order valence-electron chi connectivity index (χ2n) is 7.04. The third-order valence-corrected chi connectivity index (χ3v) is 5.06. The highest BCUT2D eigenvalue weighted by molar-refractivity contribution is 5.99. The zero-order valence-corrected chi connectivity index (χ0v) is 15.1. The van der Waals surface area contributed by atoms with Crippen LogP contribution in [0.4, 0.5) is 5.69 Å². The minimum atomic E-state index is -0.224. The maximum absolute atomic E-state index is 12.6. The number of methoxy groups -OCH3 is 2. The molecule has 1 saturated carbocycles. The normalized spacial score (nSPS) is 25.2. The van der Waals surface area contributed by atoms with Crippen molar-refractivity contribution in [2.24, 2.45) is 17.8 Å². The molecule has 1 aliphatic carbocycles. The quantitative estimate of drug-likeness (QED) is 0.890. The van der Waals surface area contributed by atoms with Crippen LogP contribution in [0.2, 0.25) is 0 Å². The number of ether oxygens (including phenoxy) is 2. The molecule has 2 amide bonds. The van der Waals surface area contributed by atoms with E-state index < -0.39 is 0 Å². The molecule has 3 unspecified atom stereocenters. The fraction of sp³-hybridized carbons (Fsp3) is 0.579. The van der Waals surface area contributed by atoms with Crippen LogP contribution in [-0.4, -0.2) is 44.0 Å². The minimum Gasteiger partial charge on any atom is -0.493 e. The smallest absolute Gasteiger partial charge is 0.228 e. The molecule has 1 aliphatic heterocycles. The molecule has 0 bridgehead atoms. The van der Waals surface area contributed by atoms with E-state index in [1.54, 1.807) is 32.4 Å². The lowest BCUT2D eigenvalue weighted by Crippen LogP contribution is -2.40. The van der Waals surface area contributed by atoms with Crippen LogP contribution in [0.5, 0.6) is 11.5 Å². The van der Waals surface area contributed by atoms with Gasteiger partial charge in [-0.15, -0.1) is 0 Å². The highest BCUT2D eigenvalue weighted by atomic mass is 16.5. The number of nitrogens with zero attached hydrogens (tertiary/aromatic N) is 1. The number of benzene rings is 1. The van der Waals surface area contributed by atoms with Crippen molar-refractivity contribution in [3.05, 3.63) is 18.2 Å². The van der Waals surface area contributed by atoms with Crippen molar-refractivity contribution in [1.82, 2.24) is 4.90 Å². The summed E-state index contributed by atoms with van der Waals surface area (Å²) in [7, 11) is 3.12. The van der Waals surface area contributed by atoms with Crippen LogP contribution in [0.1, 0.15) is 26.2 Å². The summed E-state index contributed by atoms with van der Waals surface area (Å²) < 4.78 is 10.4. The minimum absolute atomic E-state index is 0.101. The van der Waals surface area contributed by atoms with Gasteiger partial charge in [0.2, 0.25) is 11.8 Å². The Balaban J connectivity index is 1.57. The molecule has 136 valence electrons. The van der Waals surface area contributed by atoms with Crippen molar-refractivity contribution in [2.75, 3.05) is 32.6 Å². The average molecular weight is 346 g/mol. The van der Waals surface area contributed by atoms with Crippen molar-refractivity contribution in [2.45, 2.75) is 26.2 Å². The predicted octanol–water partition coefficient (Wildman–Crippen LogP) is 2.54. The Morgan fingerprint density at radius 3 is 2.60 bits per heavy atom. The number of carbonyl (C=O) groups excluding carboxylic acids is 2. The zero-order chi connectivity index (χ0) is 18.0. The second-order valence-corrected chi connectivity index (χ2v) is 7.04. The Bertz CT molecular complexity index is 661. The van der Waals surface area contributed by atoms with Gasteiger partial charge in [0.1, 0.15) is 0 Å². The van der Waals surface area contributed by atoms with Crippen LogP contribution in [-0.2, 0) is 9.59 Å². The summed E-state index contributed by atoms with van der Waals surface area (Å²) in [6.45, 7) is 3.82. The first-order valence-corrected chi connectivity index (χ1v) is 8.85. The van der Waals surface area contributed by atoms with E-state index in [9.17, 15) is 9.59 Å². The van der Waals surface area contributed by atoms with Crippen molar-refractivity contribution in [3.63, 3.8) is 0 Å². The zero-order valence-electron chi connectivity index (χ0n) is 15.1. The molecule has 3 atom stereocenters. The third kappa shape index (κ3) is 3.89. The van der Waals surface area contributed by atoms with Gasteiger partial charge in [0.05, 0.1) is 26.1 Å². The number of nitrogens with one attached hydrogen (secondary N) is 1. The maximum Gasteiger partial charge on any atom is 0.228 e. The number of hydrogen-bond donors (Lipinski definition) is 1. The Labute approximate surface area is 148 Å². The number of anilines is 1. The third-order valence-electron chi connectivity index (χ3n) is 5.06. The topological polar surface area (TPSA) is 67.9 Å². The van der Waals surface area contributed by atoms with Crippen molar-refractivity contribution >= 4 is 17.5 Å². The predicted molar refractivity (Wildman–Crippen MR) is 94.8 cm³/mol. The first-order chi connectivity index (χ1) is 12.0. The molecule has 1 heterocycles. The van der Waals surface area contributed by atoms with Crippen LogP contribution in [0, 0.1) is 17.8 Å². The van der Waals surface area contributed by atoms with E-state index in [0.29, 0.717) is 29.5 Å². The Morgan fingerprint density at radius 2 is 1.92 bits per heavy atom. The summed E-state index contributed by atoms with van der Waals surface area (Å²) in [4.78, 5) is 26.9. The summed E-state index contributed by atoms with van der Waals surface area (Å²) in [5.74, 6) is 1.37. The monoisotopic (exact) mass is 346 g/mol. The van der Waals surface area contributed by atoms with E-state index in [4.69, 9.17) is 9.47 Å². The van der Waals surface area contributed by atoms with E-state index in [2.05, 4.69) is 12.2 Å². The van der Waals surface area contributed by atoms with Crippen LogP contribution in [0.15, 0.2) is 18.2 Å². The maximum atomic E-state index is 12.6. The molecule has 1 aromatic carbocycles. The first-order valence-electron chi connectivity index (χ1n) is 8.85. The van der Waals surface area contributed by atoms with Crippen molar-refractivity contribution < 1.29 is 19.1 Å². The van der Waals surface area contributed by atoms with Gasteiger partial charge in [0.15, 0.2) is 11.5 Å². The molecule has 0 spiro atoms. The summed E-state index contributed by atoms with van der Waals surface area (Å²) >= 11 is 0. The molecule has 0 aromatic heterocycles. The molecule has 3 rings (SSSR count). The van der Waals surface area contributed by atoms with Gasteiger partial charge in [-0.05, 0) is 37.3 Å². The fourth-order valence-electron chi connectivity index (χ4n) is 3.53. The number of rotatable bonds is 5. The summed E-state index contributed by atoms with van der Waals surface area (Å²) in [6, 6.07) is 5.24. The van der Waals surface area contributed by atoms with Crippen molar-refractivity contribution in [3.8, 4) is 11.5 Å². The van der Waals surface area contributed by atoms with Gasteiger partial charge >= 0.3 is 0 Å². The van der Waals surface area contributed by atoms with Crippen molar-refractivity contribution in [1.29, 1.82) is 0 Å². The lowest BCUT2D eigenvalue weighted by Gasteiger charge is -2.31. The summed E-state index contributed by atoms with van der Waals surface area (Å²) in [5.41, 5.74) is 0.646. The number of piperidine rings is 1. The van der Waals surface area contributed by atoms with Gasteiger partial charge in [-0.2, -0.15) is 0 Å². The van der Waals surface area contributed by atoms with Gasteiger partial charge in [-0.25, -0.2) is 0 Å². The Kier molecular flexibility index (Phi) is 5.16. The standard InChI is InChI=1S/C19H26N2O4/c1-12-5-4-8-21(11-12)19(23)15-10-14(15)18(22)20-13-6-7-16(24-2)17(9-13)25-3/h6-7,9,12,14-15H,4-5,8,10-11H2,1-3H3,(H,20,22). The van der Waals surface area contributed by atoms with Crippen LogP contribution < -0.4 is 14.8 Å². The molecule has 6 heteroatoms. The second kappa shape index (κ2) is 7.33. The SMILES string of the molecule is COc1ccc(NC(=O)C2CC2C(=O)N2CCCC(C)C2)cc1OC. The van der Waals surface area contributed by atoms with Gasteiger partial charge in [0.25, 0.3) is 0 Å². The van der Waals surface area contributed by atoms with E-state index in [1.165, 1.54) is 6.42 Å². The summed E-state index contributed by atoms with van der Waals surface area (Å²) in [6.07, 6.45) is 2.88. The van der Waals surface area contributed by atoms with E-state index in [0.717, 1.165) is 19.5 Å². The lowest BCUT2D eigenvalue weighted by molar-refractivity contribution is -0.135. The molecular formula is C19H26N2O4. The Morgan fingerprint density at radius 1 is 1.16 bits per heavy atom. The van der Waals surface area contributed by atoms with Crippen LogP contribution in [0.25, 0.3) is 0 Å².